The number of hydrogen-bond acceptors (Lipinski definition) is 7. The molecule has 0 saturated heterocycles. The average Bonchev–Trinajstić information content (AvgIpc) is 3.11. The number of nitrogens with zero attached hydrogens (tertiary/aromatic N) is 3. The van der Waals surface area contributed by atoms with Crippen LogP contribution in [0.2, 0.25) is 0 Å². The number of aryl methyl sites for hydroxylation is 1. The number of thiophene rings is 1. The zero-order valence-corrected chi connectivity index (χ0v) is 14.4. The van der Waals surface area contributed by atoms with Crippen molar-refractivity contribution >= 4 is 50.5 Å². The Morgan fingerprint density at radius 1 is 1.24 bits per heavy atom. The Labute approximate surface area is 136 Å². The molecular formula is C14H16N4S3. The summed E-state index contributed by atoms with van der Waals surface area (Å²) in [5.41, 5.74) is 1.07. The van der Waals surface area contributed by atoms with E-state index in [0.29, 0.717) is 0 Å². The van der Waals surface area contributed by atoms with Gasteiger partial charge in [-0.25, -0.2) is 15.0 Å². The molecule has 0 spiro atoms. The number of hydrogen-bond donors (Lipinski definition) is 1. The minimum atomic E-state index is 0.752. The van der Waals surface area contributed by atoms with Crippen molar-refractivity contribution in [2.24, 2.45) is 0 Å². The minimum Gasteiger partial charge on any atom is -0.369 e. The van der Waals surface area contributed by atoms with Gasteiger partial charge in [-0.05, 0) is 24.8 Å². The zero-order valence-electron chi connectivity index (χ0n) is 11.9. The number of aromatic nitrogens is 3. The van der Waals surface area contributed by atoms with Gasteiger partial charge in [0.2, 0.25) is 0 Å². The predicted molar refractivity (Wildman–Crippen MR) is 92.6 cm³/mol. The molecule has 0 bridgehead atoms. The van der Waals surface area contributed by atoms with Crippen molar-refractivity contribution in [1.82, 2.24) is 15.0 Å². The Bertz CT molecular complexity index is 735. The first kappa shape index (κ1) is 14.7. The first-order valence-corrected chi connectivity index (χ1v) is 9.53. The van der Waals surface area contributed by atoms with E-state index in [4.69, 9.17) is 0 Å². The third-order valence-corrected chi connectivity index (χ3v) is 5.78. The molecule has 110 valence electrons. The fourth-order valence-electron chi connectivity index (χ4n) is 1.87. The highest BCUT2D eigenvalue weighted by molar-refractivity contribution is 8.00. The van der Waals surface area contributed by atoms with Crippen LogP contribution < -0.4 is 5.32 Å². The van der Waals surface area contributed by atoms with Gasteiger partial charge in [-0.3, -0.25) is 0 Å². The summed E-state index contributed by atoms with van der Waals surface area (Å²) >= 11 is 5.03. The van der Waals surface area contributed by atoms with Gasteiger partial charge < -0.3 is 5.32 Å². The largest absolute Gasteiger partial charge is 0.369 e. The van der Waals surface area contributed by atoms with Crippen LogP contribution in [0, 0.1) is 6.92 Å². The molecule has 0 atom stereocenters. The van der Waals surface area contributed by atoms with E-state index in [2.05, 4.69) is 44.0 Å². The highest BCUT2D eigenvalue weighted by atomic mass is 32.2. The molecule has 3 rings (SSSR count). The molecular weight excluding hydrogens is 320 g/mol. The Kier molecular flexibility index (Phi) is 4.72. The van der Waals surface area contributed by atoms with E-state index in [1.165, 1.54) is 0 Å². The van der Waals surface area contributed by atoms with E-state index in [1.54, 1.807) is 34.4 Å². The quantitative estimate of drug-likeness (QED) is 0.668. The molecule has 0 aliphatic heterocycles. The van der Waals surface area contributed by atoms with E-state index in [-0.39, 0.29) is 0 Å². The molecule has 0 aromatic carbocycles. The van der Waals surface area contributed by atoms with Crippen molar-refractivity contribution in [3.05, 3.63) is 28.3 Å². The third-order valence-electron chi connectivity index (χ3n) is 2.84. The molecule has 3 aromatic heterocycles. The lowest BCUT2D eigenvalue weighted by atomic mass is 10.3. The summed E-state index contributed by atoms with van der Waals surface area (Å²) in [7, 11) is 0. The molecule has 0 aliphatic carbocycles. The van der Waals surface area contributed by atoms with E-state index < -0.39 is 0 Å². The zero-order chi connectivity index (χ0) is 14.7. The van der Waals surface area contributed by atoms with Crippen LogP contribution in [0.25, 0.3) is 10.2 Å². The van der Waals surface area contributed by atoms with Gasteiger partial charge in [-0.2, -0.15) is 0 Å². The predicted octanol–water partition coefficient (Wildman–Crippen LogP) is 4.57. The van der Waals surface area contributed by atoms with Crippen LogP contribution in [0.5, 0.6) is 0 Å². The summed E-state index contributed by atoms with van der Waals surface area (Å²) in [6.07, 6.45) is 1.08. The van der Waals surface area contributed by atoms with Crippen molar-refractivity contribution in [3.63, 3.8) is 0 Å². The van der Waals surface area contributed by atoms with Gasteiger partial charge in [0.25, 0.3) is 0 Å². The topological polar surface area (TPSA) is 50.7 Å². The van der Waals surface area contributed by atoms with Crippen molar-refractivity contribution in [2.75, 3.05) is 11.9 Å². The molecule has 7 heteroatoms. The van der Waals surface area contributed by atoms with Crippen LogP contribution >= 0.6 is 34.4 Å². The number of rotatable bonds is 6. The summed E-state index contributed by atoms with van der Waals surface area (Å²) in [4.78, 5) is 14.8. The second kappa shape index (κ2) is 6.72. The number of anilines is 1. The maximum Gasteiger partial charge on any atom is 0.150 e. The van der Waals surface area contributed by atoms with Crippen molar-refractivity contribution in [1.29, 1.82) is 0 Å². The SMILES string of the molecule is CCCNc1nc(CSc2nc(C)cs2)nc2sccc12. The van der Waals surface area contributed by atoms with Gasteiger partial charge in [0.1, 0.15) is 16.5 Å². The number of thiazole rings is 1. The molecule has 0 fully saturated rings. The van der Waals surface area contributed by atoms with Gasteiger partial charge in [0.15, 0.2) is 4.34 Å². The fraction of sp³-hybridized carbons (Fsp3) is 0.357. The molecule has 1 N–H and O–H groups in total. The Hall–Kier alpha value is -1.18. The molecule has 4 nitrogen and oxygen atoms in total. The summed E-state index contributed by atoms with van der Waals surface area (Å²) in [5.74, 6) is 2.57. The van der Waals surface area contributed by atoms with Crippen molar-refractivity contribution in [3.8, 4) is 0 Å². The summed E-state index contributed by atoms with van der Waals surface area (Å²) < 4.78 is 1.07. The molecule has 0 aliphatic rings. The second-order valence-electron chi connectivity index (χ2n) is 4.60. The molecule has 0 unspecified atom stereocenters. The van der Waals surface area contributed by atoms with Crippen LogP contribution in [-0.2, 0) is 5.75 Å². The van der Waals surface area contributed by atoms with E-state index in [9.17, 15) is 0 Å². The minimum absolute atomic E-state index is 0.752. The third kappa shape index (κ3) is 3.53. The first-order valence-electron chi connectivity index (χ1n) is 6.79. The average molecular weight is 337 g/mol. The standard InChI is InChI=1S/C14H16N4S3/c1-3-5-15-12-10-4-6-19-13(10)18-11(17-12)8-21-14-16-9(2)7-20-14/h4,6-7H,3,5,8H2,1-2H3,(H,15,17,18). The normalized spacial score (nSPS) is 11.1. The lowest BCUT2D eigenvalue weighted by molar-refractivity contribution is 0.961. The Morgan fingerprint density at radius 2 is 2.14 bits per heavy atom. The van der Waals surface area contributed by atoms with Crippen molar-refractivity contribution < 1.29 is 0 Å². The molecule has 21 heavy (non-hydrogen) atoms. The molecule has 0 radical (unpaired) electrons. The number of fused-ring (bicyclic) bond motifs is 1. The van der Waals surface area contributed by atoms with Crippen molar-refractivity contribution in [2.45, 2.75) is 30.4 Å². The molecule has 3 heterocycles. The number of nitrogens with one attached hydrogen (secondary N) is 1. The summed E-state index contributed by atoms with van der Waals surface area (Å²) in [6.45, 7) is 5.10. The lowest BCUT2D eigenvalue weighted by Crippen LogP contribution is -2.05. The van der Waals surface area contributed by atoms with Gasteiger partial charge >= 0.3 is 0 Å². The molecule has 3 aromatic rings. The first-order chi connectivity index (χ1) is 10.3. The highest BCUT2D eigenvalue weighted by Crippen LogP contribution is 2.29. The monoisotopic (exact) mass is 336 g/mol. The van der Waals surface area contributed by atoms with Crippen LogP contribution in [0.3, 0.4) is 0 Å². The van der Waals surface area contributed by atoms with Gasteiger partial charge in [-0.1, -0.05) is 18.7 Å². The lowest BCUT2D eigenvalue weighted by Gasteiger charge is -2.07. The summed E-state index contributed by atoms with van der Waals surface area (Å²) in [5, 5.41) is 8.65. The Balaban J connectivity index is 1.80. The van der Waals surface area contributed by atoms with Gasteiger partial charge in [0.05, 0.1) is 11.1 Å². The van der Waals surface area contributed by atoms with Crippen LogP contribution in [0.1, 0.15) is 24.9 Å². The molecule has 0 amide bonds. The van der Waals surface area contributed by atoms with E-state index in [1.807, 2.05) is 6.92 Å². The van der Waals surface area contributed by atoms with Crippen LogP contribution in [0.4, 0.5) is 5.82 Å². The highest BCUT2D eigenvalue weighted by Gasteiger charge is 2.09. The van der Waals surface area contributed by atoms with Gasteiger partial charge in [0, 0.05) is 17.6 Å². The van der Waals surface area contributed by atoms with Gasteiger partial charge in [-0.15, -0.1) is 22.7 Å². The second-order valence-corrected chi connectivity index (χ2v) is 7.57. The maximum absolute atomic E-state index is 4.67. The van der Waals surface area contributed by atoms with Crippen LogP contribution in [-0.4, -0.2) is 21.5 Å². The van der Waals surface area contributed by atoms with E-state index >= 15 is 0 Å². The van der Waals surface area contributed by atoms with E-state index in [0.717, 1.165) is 50.6 Å². The fourth-order valence-corrected chi connectivity index (χ4v) is 4.35. The molecule has 0 saturated carbocycles. The summed E-state index contributed by atoms with van der Waals surface area (Å²) in [6, 6.07) is 2.08. The smallest absolute Gasteiger partial charge is 0.150 e. The van der Waals surface area contributed by atoms with Crippen LogP contribution in [0.15, 0.2) is 21.2 Å². The number of thioether (sulfide) groups is 1. The Morgan fingerprint density at radius 3 is 2.90 bits per heavy atom. The maximum atomic E-state index is 4.67.